The van der Waals surface area contributed by atoms with Crippen LogP contribution in [0.4, 0.5) is 31.9 Å². The summed E-state index contributed by atoms with van der Waals surface area (Å²) in [6.45, 7) is 0. The number of aromatic nitrogens is 2. The second-order valence-electron chi connectivity index (χ2n) is 6.08. The Balaban J connectivity index is 1.43. The fourth-order valence-electron chi connectivity index (χ4n) is 2.57. The predicted molar refractivity (Wildman–Crippen MR) is 108 cm³/mol. The van der Waals surface area contributed by atoms with E-state index in [9.17, 15) is 8.78 Å². The Morgan fingerprint density at radius 1 is 0.690 bits per heavy atom. The number of hydrogen-bond acceptors (Lipinski definition) is 5. The van der Waals surface area contributed by atoms with Crippen LogP contribution in [-0.2, 0) is 0 Å². The number of rotatable bonds is 6. The van der Waals surface area contributed by atoms with Gasteiger partial charge in [-0.15, -0.1) is 0 Å². The highest BCUT2D eigenvalue weighted by Crippen LogP contribution is 2.24. The van der Waals surface area contributed by atoms with Crippen LogP contribution in [0, 0.1) is 11.6 Å². The van der Waals surface area contributed by atoms with Crippen molar-refractivity contribution in [2.45, 2.75) is 0 Å². The third kappa shape index (κ3) is 4.84. The van der Waals surface area contributed by atoms with Gasteiger partial charge in [0.2, 0.25) is 5.95 Å². The number of hydrogen-bond donors (Lipinski definition) is 2. The van der Waals surface area contributed by atoms with E-state index < -0.39 is 11.6 Å². The molecule has 4 rings (SSSR count). The van der Waals surface area contributed by atoms with Crippen molar-refractivity contribution in [1.29, 1.82) is 0 Å². The summed E-state index contributed by atoms with van der Waals surface area (Å²) in [7, 11) is 0. The first-order valence-corrected chi connectivity index (χ1v) is 8.81. The predicted octanol–water partition coefficient (Wildman–Crippen LogP) is 6.03. The van der Waals surface area contributed by atoms with Gasteiger partial charge in [-0.1, -0.05) is 18.2 Å². The zero-order valence-electron chi connectivity index (χ0n) is 15.1. The first kappa shape index (κ1) is 18.4. The van der Waals surface area contributed by atoms with Crippen molar-refractivity contribution in [2.24, 2.45) is 0 Å². The lowest BCUT2D eigenvalue weighted by Gasteiger charge is -2.10. The molecule has 144 valence electrons. The number of anilines is 4. The van der Waals surface area contributed by atoms with E-state index in [2.05, 4.69) is 20.6 Å². The van der Waals surface area contributed by atoms with Crippen LogP contribution in [0.15, 0.2) is 85.1 Å². The second-order valence-corrected chi connectivity index (χ2v) is 6.08. The summed E-state index contributed by atoms with van der Waals surface area (Å²) in [6, 6.07) is 22.1. The fourth-order valence-corrected chi connectivity index (χ4v) is 2.57. The smallest absolute Gasteiger partial charge is 0.229 e. The number of nitrogens with zero attached hydrogens (tertiary/aromatic N) is 2. The number of ether oxygens (including phenoxy) is 1. The summed E-state index contributed by atoms with van der Waals surface area (Å²) in [6.07, 6.45) is 1.56. The molecule has 29 heavy (non-hydrogen) atoms. The van der Waals surface area contributed by atoms with Gasteiger partial charge in [0.15, 0.2) is 11.6 Å². The van der Waals surface area contributed by atoms with Gasteiger partial charge in [-0.3, -0.25) is 0 Å². The highest BCUT2D eigenvalue weighted by atomic mass is 19.2. The number of halogens is 2. The Bertz CT molecular complexity index is 1110. The molecule has 0 aliphatic carbocycles. The molecule has 0 amide bonds. The Labute approximate surface area is 166 Å². The lowest BCUT2D eigenvalue weighted by atomic mass is 10.3. The van der Waals surface area contributed by atoms with Crippen LogP contribution in [0.5, 0.6) is 11.5 Å². The van der Waals surface area contributed by atoms with Gasteiger partial charge in [-0.05, 0) is 54.6 Å². The Hall–Kier alpha value is -4.00. The molecule has 0 aliphatic heterocycles. The van der Waals surface area contributed by atoms with Gasteiger partial charge in [0, 0.05) is 23.6 Å². The topological polar surface area (TPSA) is 59.1 Å². The lowest BCUT2D eigenvalue weighted by Crippen LogP contribution is -2.01. The standard InChI is InChI=1S/C22H16F2N4O/c23-19-11-8-16(14-20(19)24)27-22-25-13-12-21(28-22)26-15-6-9-18(10-7-15)29-17-4-2-1-3-5-17/h1-14H,(H2,25,26,27,28). The van der Waals surface area contributed by atoms with Crippen molar-refractivity contribution in [3.8, 4) is 11.5 Å². The van der Waals surface area contributed by atoms with E-state index >= 15 is 0 Å². The molecule has 0 unspecified atom stereocenters. The Morgan fingerprint density at radius 3 is 2.17 bits per heavy atom. The first-order chi connectivity index (χ1) is 14.2. The SMILES string of the molecule is Fc1ccc(Nc2nccc(Nc3ccc(Oc4ccccc4)cc3)n2)cc1F. The van der Waals surface area contributed by atoms with Crippen LogP contribution in [0.25, 0.3) is 0 Å². The molecule has 0 aliphatic rings. The van der Waals surface area contributed by atoms with E-state index in [0.29, 0.717) is 17.3 Å². The average molecular weight is 390 g/mol. The molecule has 0 atom stereocenters. The second kappa shape index (κ2) is 8.35. The largest absolute Gasteiger partial charge is 0.457 e. The van der Waals surface area contributed by atoms with Crippen LogP contribution in [0.3, 0.4) is 0 Å². The minimum Gasteiger partial charge on any atom is -0.457 e. The average Bonchev–Trinajstić information content (AvgIpc) is 2.73. The molecule has 2 N–H and O–H groups in total. The van der Waals surface area contributed by atoms with Gasteiger partial charge in [-0.25, -0.2) is 13.8 Å². The molecule has 0 radical (unpaired) electrons. The molecule has 7 heteroatoms. The minimum absolute atomic E-state index is 0.255. The monoisotopic (exact) mass is 390 g/mol. The molecule has 5 nitrogen and oxygen atoms in total. The van der Waals surface area contributed by atoms with Crippen molar-refractivity contribution >= 4 is 23.1 Å². The van der Waals surface area contributed by atoms with Gasteiger partial charge in [0.1, 0.15) is 17.3 Å². The van der Waals surface area contributed by atoms with E-state index in [-0.39, 0.29) is 5.95 Å². The third-order valence-corrected chi connectivity index (χ3v) is 3.94. The maximum absolute atomic E-state index is 13.3. The van der Waals surface area contributed by atoms with Gasteiger partial charge >= 0.3 is 0 Å². The summed E-state index contributed by atoms with van der Waals surface area (Å²) in [4.78, 5) is 8.42. The summed E-state index contributed by atoms with van der Waals surface area (Å²) >= 11 is 0. The molecule has 1 heterocycles. The van der Waals surface area contributed by atoms with Crippen LogP contribution in [0.1, 0.15) is 0 Å². The quantitative estimate of drug-likeness (QED) is 0.421. The van der Waals surface area contributed by atoms with Gasteiger partial charge < -0.3 is 15.4 Å². The van der Waals surface area contributed by atoms with E-state index in [1.165, 1.54) is 6.07 Å². The molecule has 0 spiro atoms. The summed E-state index contributed by atoms with van der Waals surface area (Å²) in [5, 5.41) is 6.01. The van der Waals surface area contributed by atoms with E-state index in [4.69, 9.17) is 4.74 Å². The van der Waals surface area contributed by atoms with Crippen molar-refractivity contribution in [1.82, 2.24) is 9.97 Å². The number of nitrogens with one attached hydrogen (secondary N) is 2. The summed E-state index contributed by atoms with van der Waals surface area (Å²) in [5.74, 6) is 0.419. The lowest BCUT2D eigenvalue weighted by molar-refractivity contribution is 0.483. The zero-order valence-corrected chi connectivity index (χ0v) is 15.1. The molecule has 0 saturated carbocycles. The number of para-hydroxylation sites is 1. The molecular weight excluding hydrogens is 374 g/mol. The molecule has 0 saturated heterocycles. The van der Waals surface area contributed by atoms with E-state index in [1.54, 1.807) is 12.3 Å². The molecule has 4 aromatic rings. The Morgan fingerprint density at radius 2 is 1.41 bits per heavy atom. The van der Waals surface area contributed by atoms with E-state index in [1.807, 2.05) is 54.6 Å². The minimum atomic E-state index is -0.943. The zero-order chi connectivity index (χ0) is 20.1. The maximum Gasteiger partial charge on any atom is 0.229 e. The van der Waals surface area contributed by atoms with Gasteiger partial charge in [0.05, 0.1) is 0 Å². The maximum atomic E-state index is 13.3. The van der Waals surface area contributed by atoms with Gasteiger partial charge in [0.25, 0.3) is 0 Å². The highest BCUT2D eigenvalue weighted by Gasteiger charge is 2.05. The third-order valence-electron chi connectivity index (χ3n) is 3.94. The molecular formula is C22H16F2N4O. The molecule has 1 aromatic heterocycles. The molecule has 0 bridgehead atoms. The van der Waals surface area contributed by atoms with Gasteiger partial charge in [-0.2, -0.15) is 4.98 Å². The Kier molecular flexibility index (Phi) is 5.29. The van der Waals surface area contributed by atoms with Crippen molar-refractivity contribution < 1.29 is 13.5 Å². The van der Waals surface area contributed by atoms with E-state index in [0.717, 1.165) is 23.6 Å². The molecule has 0 fully saturated rings. The summed E-state index contributed by atoms with van der Waals surface area (Å²) < 4.78 is 32.1. The highest BCUT2D eigenvalue weighted by molar-refractivity contribution is 5.60. The van der Waals surface area contributed by atoms with Crippen LogP contribution >= 0.6 is 0 Å². The van der Waals surface area contributed by atoms with Crippen LogP contribution in [0.2, 0.25) is 0 Å². The van der Waals surface area contributed by atoms with Crippen molar-refractivity contribution in [2.75, 3.05) is 10.6 Å². The molecule has 3 aromatic carbocycles. The number of benzene rings is 3. The summed E-state index contributed by atoms with van der Waals surface area (Å²) in [5.41, 5.74) is 1.16. The van der Waals surface area contributed by atoms with Crippen molar-refractivity contribution in [3.63, 3.8) is 0 Å². The van der Waals surface area contributed by atoms with Crippen LogP contribution < -0.4 is 15.4 Å². The van der Waals surface area contributed by atoms with Crippen LogP contribution in [-0.4, -0.2) is 9.97 Å². The normalized spacial score (nSPS) is 10.4. The fraction of sp³-hybridized carbons (Fsp3) is 0. The van der Waals surface area contributed by atoms with Crippen molar-refractivity contribution in [3.05, 3.63) is 96.7 Å². The first-order valence-electron chi connectivity index (χ1n) is 8.81.